The number of unbranched alkanes of at least 4 members (excludes halogenated alkanes) is 6. The summed E-state index contributed by atoms with van der Waals surface area (Å²) in [7, 11) is 0. The Balaban J connectivity index is -0.00000144. The molecule has 0 heterocycles. The number of hydrogen-bond donors (Lipinski definition) is 0. The molecule has 2 nitrogen and oxygen atoms in total. The predicted octanol–water partition coefficient (Wildman–Crippen LogP) is 1.52. The van der Waals surface area contributed by atoms with Crippen molar-refractivity contribution in [3.63, 3.8) is 0 Å². The molecule has 0 spiro atoms. The number of hydrogen-bond acceptors (Lipinski definition) is 2. The Labute approximate surface area is 153 Å². The zero-order valence-corrected chi connectivity index (χ0v) is 16.2. The van der Waals surface area contributed by atoms with Gasteiger partial charge in [-0.1, -0.05) is 51.5 Å². The van der Waals surface area contributed by atoms with Gasteiger partial charge in [-0.25, -0.2) is 0 Å². The molecule has 0 radical (unpaired) electrons. The summed E-state index contributed by atoms with van der Waals surface area (Å²) in [5, 5.41) is 0. The fraction of sp³-hybridized carbons (Fsp3) is 0.812. The topological polar surface area (TPSA) is 18.5 Å². The van der Waals surface area contributed by atoms with Gasteiger partial charge in [0.15, 0.2) is 0 Å². The molecule has 0 aliphatic rings. The van der Waals surface area contributed by atoms with Gasteiger partial charge in [0.25, 0.3) is 0 Å². The van der Waals surface area contributed by atoms with E-state index in [1.165, 1.54) is 38.5 Å². The molecule has 0 aliphatic carbocycles. The van der Waals surface area contributed by atoms with Gasteiger partial charge in [0.1, 0.15) is 6.79 Å². The minimum absolute atomic E-state index is 0. The van der Waals surface area contributed by atoms with Gasteiger partial charge in [-0.2, -0.15) is 6.42 Å². The van der Waals surface area contributed by atoms with Gasteiger partial charge in [0.2, 0.25) is 0 Å². The number of ether oxygens (including phenoxy) is 2. The first-order chi connectivity index (χ1) is 8.91. The maximum Gasteiger partial charge on any atom is 2.00 e. The second-order valence-corrected chi connectivity index (χ2v) is 4.60. The van der Waals surface area contributed by atoms with E-state index in [-0.39, 0.29) is 40.0 Å². The van der Waals surface area contributed by atoms with Crippen LogP contribution < -0.4 is 17.0 Å². The van der Waals surface area contributed by atoms with E-state index < -0.39 is 0 Å². The van der Waals surface area contributed by atoms with Gasteiger partial charge < -0.3 is 33.4 Å². The molecule has 0 amide bonds. The SMILES string of the molecule is [Br-].[CH2-]C/C=C/CCOCOCCCCCCCCC.[Mg+2]. The summed E-state index contributed by atoms with van der Waals surface area (Å²) in [5.74, 6) is 0. The van der Waals surface area contributed by atoms with Crippen molar-refractivity contribution in [2.75, 3.05) is 20.0 Å². The Bertz CT molecular complexity index is 178. The Kier molecular flexibility index (Phi) is 32.2. The largest absolute Gasteiger partial charge is 2.00 e. The molecule has 116 valence electrons. The summed E-state index contributed by atoms with van der Waals surface area (Å²) in [5.41, 5.74) is 0. The number of allylic oxidation sites excluding steroid dienone is 1. The van der Waals surface area contributed by atoms with E-state index in [0.29, 0.717) is 6.79 Å². The molecular weight excluding hydrogens is 328 g/mol. The molecule has 0 unspecified atom stereocenters. The van der Waals surface area contributed by atoms with Crippen molar-refractivity contribution in [3.05, 3.63) is 19.1 Å². The monoisotopic (exact) mass is 358 g/mol. The van der Waals surface area contributed by atoms with Crippen LogP contribution in [0.5, 0.6) is 0 Å². The van der Waals surface area contributed by atoms with Crippen LogP contribution in [0.15, 0.2) is 12.2 Å². The van der Waals surface area contributed by atoms with E-state index in [9.17, 15) is 0 Å². The molecule has 20 heavy (non-hydrogen) atoms. The van der Waals surface area contributed by atoms with Gasteiger partial charge in [-0.15, -0.1) is 6.08 Å². The van der Waals surface area contributed by atoms with Crippen molar-refractivity contribution in [2.24, 2.45) is 0 Å². The maximum atomic E-state index is 5.41. The van der Waals surface area contributed by atoms with Crippen LogP contribution in [0.2, 0.25) is 0 Å². The van der Waals surface area contributed by atoms with Crippen LogP contribution in [0.3, 0.4) is 0 Å². The van der Waals surface area contributed by atoms with Gasteiger partial charge in [0.05, 0.1) is 6.61 Å². The van der Waals surface area contributed by atoms with E-state index in [4.69, 9.17) is 9.47 Å². The summed E-state index contributed by atoms with van der Waals surface area (Å²) in [6, 6.07) is 0. The van der Waals surface area contributed by atoms with Crippen molar-refractivity contribution in [2.45, 2.75) is 64.7 Å². The third-order valence-corrected chi connectivity index (χ3v) is 2.82. The van der Waals surface area contributed by atoms with Gasteiger partial charge in [-0.05, 0) is 12.8 Å². The molecule has 0 saturated heterocycles. The Morgan fingerprint density at radius 1 is 0.850 bits per heavy atom. The third kappa shape index (κ3) is 24.0. The first kappa shape index (κ1) is 25.8. The smallest absolute Gasteiger partial charge is 1.00 e. The van der Waals surface area contributed by atoms with E-state index in [1.807, 2.05) is 0 Å². The average Bonchev–Trinajstić information content (AvgIpc) is 2.39. The number of rotatable bonds is 14. The van der Waals surface area contributed by atoms with Crippen molar-refractivity contribution in [1.82, 2.24) is 0 Å². The predicted molar refractivity (Wildman–Crippen MR) is 84.2 cm³/mol. The standard InChI is InChI=1S/C16H31O2.BrH.Mg/c1-3-5-7-9-10-11-13-15-18-16-17-14-12-8-6-4-2;;/h6,8H,2-5,7,9-16H2,1H3;1H;/q-1;;+2/p-1/b8-6+;;. The normalized spacial score (nSPS) is 10.3. The van der Waals surface area contributed by atoms with Gasteiger partial charge >= 0.3 is 23.1 Å². The van der Waals surface area contributed by atoms with E-state index >= 15 is 0 Å². The first-order valence-corrected chi connectivity index (χ1v) is 7.51. The van der Waals surface area contributed by atoms with Crippen LogP contribution in [-0.2, 0) is 9.47 Å². The molecule has 4 heteroatoms. The van der Waals surface area contributed by atoms with Crippen LogP contribution in [0, 0.1) is 6.92 Å². The second kappa shape index (κ2) is 24.9. The molecule has 0 aromatic carbocycles. The van der Waals surface area contributed by atoms with Crippen LogP contribution >= 0.6 is 0 Å². The Hall–Kier alpha value is 0.906. The molecular formula is C16H31BrMgO2. The van der Waals surface area contributed by atoms with Crippen molar-refractivity contribution >= 4 is 23.1 Å². The van der Waals surface area contributed by atoms with Crippen LogP contribution in [0.1, 0.15) is 64.7 Å². The summed E-state index contributed by atoms with van der Waals surface area (Å²) < 4.78 is 10.8. The summed E-state index contributed by atoms with van der Waals surface area (Å²) in [4.78, 5) is 0. The molecule has 0 rings (SSSR count). The number of halogens is 1. The molecule has 0 aromatic heterocycles. The summed E-state index contributed by atoms with van der Waals surface area (Å²) >= 11 is 0. The molecule has 0 aliphatic heterocycles. The molecule has 0 saturated carbocycles. The molecule has 0 bridgehead atoms. The summed E-state index contributed by atoms with van der Waals surface area (Å²) in [6.45, 7) is 8.00. The maximum absolute atomic E-state index is 5.41. The van der Waals surface area contributed by atoms with Crippen LogP contribution in [0.4, 0.5) is 0 Å². The second-order valence-electron chi connectivity index (χ2n) is 4.60. The quantitative estimate of drug-likeness (QED) is 0.154. The fourth-order valence-electron chi connectivity index (χ4n) is 1.73. The molecule has 0 N–H and O–H groups in total. The Morgan fingerprint density at radius 3 is 2.10 bits per heavy atom. The van der Waals surface area contributed by atoms with Crippen LogP contribution in [-0.4, -0.2) is 43.1 Å². The van der Waals surface area contributed by atoms with E-state index in [1.54, 1.807) is 0 Å². The average molecular weight is 360 g/mol. The van der Waals surface area contributed by atoms with Crippen molar-refractivity contribution in [3.8, 4) is 0 Å². The van der Waals surface area contributed by atoms with E-state index in [0.717, 1.165) is 32.5 Å². The first-order valence-electron chi connectivity index (χ1n) is 7.51. The van der Waals surface area contributed by atoms with Gasteiger partial charge in [0, 0.05) is 6.61 Å². The molecule has 0 atom stereocenters. The molecule has 0 fully saturated rings. The zero-order chi connectivity index (χ0) is 13.3. The van der Waals surface area contributed by atoms with Gasteiger partial charge in [-0.3, -0.25) is 0 Å². The zero-order valence-electron chi connectivity index (χ0n) is 13.2. The Morgan fingerprint density at radius 2 is 1.45 bits per heavy atom. The van der Waals surface area contributed by atoms with Crippen molar-refractivity contribution in [1.29, 1.82) is 0 Å². The minimum Gasteiger partial charge on any atom is -1.00 e. The van der Waals surface area contributed by atoms with Crippen LogP contribution in [0.25, 0.3) is 0 Å². The summed E-state index contributed by atoms with van der Waals surface area (Å²) in [6.07, 6.45) is 15.2. The van der Waals surface area contributed by atoms with Crippen molar-refractivity contribution < 1.29 is 26.5 Å². The third-order valence-electron chi connectivity index (χ3n) is 2.82. The van der Waals surface area contributed by atoms with E-state index in [2.05, 4.69) is 26.0 Å². The fourth-order valence-corrected chi connectivity index (χ4v) is 1.73. The minimum atomic E-state index is 0. The molecule has 0 aromatic rings.